The van der Waals surface area contributed by atoms with E-state index in [1.165, 1.54) is 4.31 Å². The topological polar surface area (TPSA) is 129 Å². The highest BCUT2D eigenvalue weighted by molar-refractivity contribution is 7.91. The number of carbonyl (C=O) groups excluding carboxylic acids is 1. The smallest absolute Gasteiger partial charge is 0.252 e. The summed E-state index contributed by atoms with van der Waals surface area (Å²) in [6.45, 7) is 0.482. The van der Waals surface area contributed by atoms with Gasteiger partial charge in [-0.3, -0.25) is 4.79 Å². The lowest BCUT2D eigenvalue weighted by Crippen LogP contribution is -2.43. The molecule has 11 heteroatoms. The number of anilines is 1. The van der Waals surface area contributed by atoms with Crippen LogP contribution in [0.15, 0.2) is 44.4 Å². The Bertz CT molecular complexity index is 1340. The molecule has 2 aliphatic rings. The molecule has 1 saturated heterocycles. The number of hydrogen-bond donors (Lipinski definition) is 1. The molecule has 1 amide bonds. The third-order valence-corrected chi connectivity index (χ3v) is 9.64. The number of benzene rings is 1. The summed E-state index contributed by atoms with van der Waals surface area (Å²) in [5.74, 6) is 0.637. The zero-order valence-electron chi connectivity index (χ0n) is 18.3. The SMILES string of the molecule is N#Cc1ccc(NC(=O)[C@H]2CCCN(S(=O)(=O)c3cc(-c4noc(C5CCC5)n4)cs3)C2)cc1. The van der Waals surface area contributed by atoms with Crippen molar-refractivity contribution in [2.24, 2.45) is 5.92 Å². The lowest BCUT2D eigenvalue weighted by molar-refractivity contribution is -0.120. The molecule has 2 fully saturated rings. The molecule has 0 bridgehead atoms. The first-order valence-corrected chi connectivity index (χ1v) is 13.5. The van der Waals surface area contributed by atoms with Gasteiger partial charge in [-0.15, -0.1) is 11.3 Å². The number of nitrogens with one attached hydrogen (secondary N) is 1. The molecule has 2 aromatic heterocycles. The Balaban J connectivity index is 1.27. The van der Waals surface area contributed by atoms with Gasteiger partial charge in [-0.1, -0.05) is 11.6 Å². The normalized spacial score (nSPS) is 19.3. The minimum absolute atomic E-state index is 0.117. The van der Waals surface area contributed by atoms with E-state index in [-0.39, 0.29) is 16.7 Å². The van der Waals surface area contributed by atoms with Crippen LogP contribution in [0.1, 0.15) is 49.5 Å². The van der Waals surface area contributed by atoms with Crippen LogP contribution in [0, 0.1) is 17.2 Å². The molecule has 1 aliphatic carbocycles. The standard InChI is InChI=1S/C23H23N5O4S2/c24-12-15-6-8-19(9-7-15)25-22(29)17-5-2-10-28(13-17)34(30,31)20-11-18(14-33-20)21-26-23(32-27-21)16-3-1-4-16/h6-9,11,14,16-17H,1-5,10,13H2,(H,25,29)/t17-/m0/s1. The summed E-state index contributed by atoms with van der Waals surface area (Å²) in [6, 6.07) is 10.2. The summed E-state index contributed by atoms with van der Waals surface area (Å²) in [6.07, 6.45) is 4.44. The number of hydrogen-bond acceptors (Lipinski definition) is 8. The van der Waals surface area contributed by atoms with Crippen molar-refractivity contribution in [3.05, 3.63) is 47.2 Å². The van der Waals surface area contributed by atoms with Gasteiger partial charge in [-0.2, -0.15) is 14.6 Å². The van der Waals surface area contributed by atoms with Crippen LogP contribution in [0.2, 0.25) is 0 Å². The number of amides is 1. The fourth-order valence-electron chi connectivity index (χ4n) is 4.12. The Kier molecular flexibility index (Phi) is 6.20. The molecule has 1 aromatic carbocycles. The maximum Gasteiger partial charge on any atom is 0.252 e. The first-order valence-electron chi connectivity index (χ1n) is 11.2. The Morgan fingerprint density at radius 1 is 1.21 bits per heavy atom. The summed E-state index contributed by atoms with van der Waals surface area (Å²) in [5, 5.41) is 17.5. The number of piperidine rings is 1. The Morgan fingerprint density at radius 2 is 2.00 bits per heavy atom. The highest BCUT2D eigenvalue weighted by atomic mass is 32.2. The second kappa shape index (κ2) is 9.29. The molecule has 0 radical (unpaired) electrons. The average Bonchev–Trinajstić information content (AvgIpc) is 3.49. The van der Waals surface area contributed by atoms with Gasteiger partial charge in [-0.05, 0) is 56.0 Å². The second-order valence-corrected chi connectivity index (χ2v) is 11.7. The van der Waals surface area contributed by atoms with E-state index in [4.69, 9.17) is 9.78 Å². The van der Waals surface area contributed by atoms with Gasteiger partial charge in [-0.25, -0.2) is 8.42 Å². The van der Waals surface area contributed by atoms with E-state index in [1.807, 2.05) is 6.07 Å². The summed E-state index contributed by atoms with van der Waals surface area (Å²) in [5.41, 5.74) is 1.70. The van der Waals surface area contributed by atoms with Crippen molar-refractivity contribution in [2.75, 3.05) is 18.4 Å². The molecule has 0 spiro atoms. The van der Waals surface area contributed by atoms with Gasteiger partial charge in [0, 0.05) is 35.6 Å². The van der Waals surface area contributed by atoms with Gasteiger partial charge in [0.2, 0.25) is 17.6 Å². The lowest BCUT2D eigenvalue weighted by Gasteiger charge is -2.30. The zero-order chi connectivity index (χ0) is 23.7. The van der Waals surface area contributed by atoms with Gasteiger partial charge in [0.05, 0.1) is 17.6 Å². The van der Waals surface area contributed by atoms with E-state index in [1.54, 1.807) is 35.7 Å². The second-order valence-electron chi connectivity index (χ2n) is 8.62. The minimum Gasteiger partial charge on any atom is -0.339 e. The number of nitrogens with zero attached hydrogens (tertiary/aromatic N) is 4. The third-order valence-electron chi connectivity index (χ3n) is 6.36. The maximum absolute atomic E-state index is 13.3. The Hall–Kier alpha value is -3.07. The van der Waals surface area contributed by atoms with Crippen LogP contribution in [0.4, 0.5) is 5.69 Å². The quantitative estimate of drug-likeness (QED) is 0.545. The fraction of sp³-hybridized carbons (Fsp3) is 0.391. The fourth-order valence-corrected chi connectivity index (χ4v) is 6.95. The predicted molar refractivity (Wildman–Crippen MR) is 125 cm³/mol. The molecular formula is C23H23N5O4S2. The molecule has 34 heavy (non-hydrogen) atoms. The third kappa shape index (κ3) is 4.49. The Morgan fingerprint density at radius 3 is 2.71 bits per heavy atom. The first-order chi connectivity index (χ1) is 16.4. The van der Waals surface area contributed by atoms with Crippen molar-refractivity contribution in [1.82, 2.24) is 14.4 Å². The molecule has 0 unspecified atom stereocenters. The van der Waals surface area contributed by atoms with Crippen LogP contribution in [-0.4, -0.2) is 41.9 Å². The molecule has 1 atom stereocenters. The molecule has 1 aliphatic heterocycles. The summed E-state index contributed by atoms with van der Waals surface area (Å²) in [7, 11) is -3.75. The highest BCUT2D eigenvalue weighted by Gasteiger charge is 2.34. The van der Waals surface area contributed by atoms with Crippen molar-refractivity contribution in [1.29, 1.82) is 5.26 Å². The molecule has 5 rings (SSSR count). The van der Waals surface area contributed by atoms with Gasteiger partial charge in [0.25, 0.3) is 10.0 Å². The van der Waals surface area contributed by atoms with Crippen LogP contribution < -0.4 is 5.32 Å². The van der Waals surface area contributed by atoms with E-state index in [2.05, 4.69) is 15.5 Å². The molecule has 1 N–H and O–H groups in total. The van der Waals surface area contributed by atoms with E-state index >= 15 is 0 Å². The van der Waals surface area contributed by atoms with E-state index in [0.717, 1.165) is 30.6 Å². The number of rotatable bonds is 6. The molecule has 9 nitrogen and oxygen atoms in total. The lowest BCUT2D eigenvalue weighted by atomic mass is 9.85. The van der Waals surface area contributed by atoms with Gasteiger partial charge >= 0.3 is 0 Å². The average molecular weight is 498 g/mol. The highest BCUT2D eigenvalue weighted by Crippen LogP contribution is 2.37. The van der Waals surface area contributed by atoms with Crippen molar-refractivity contribution in [2.45, 2.75) is 42.2 Å². The largest absolute Gasteiger partial charge is 0.339 e. The minimum atomic E-state index is -3.75. The van der Waals surface area contributed by atoms with Gasteiger partial charge < -0.3 is 9.84 Å². The maximum atomic E-state index is 13.3. The summed E-state index contributed by atoms with van der Waals surface area (Å²) < 4.78 is 33.6. The molecule has 176 valence electrons. The number of carbonyl (C=O) groups is 1. The van der Waals surface area contributed by atoms with Crippen molar-refractivity contribution in [3.63, 3.8) is 0 Å². The monoisotopic (exact) mass is 497 g/mol. The van der Waals surface area contributed by atoms with E-state index in [9.17, 15) is 13.2 Å². The van der Waals surface area contributed by atoms with Crippen LogP contribution in [-0.2, 0) is 14.8 Å². The number of aromatic nitrogens is 2. The first kappa shape index (κ1) is 22.7. The van der Waals surface area contributed by atoms with Crippen molar-refractivity contribution in [3.8, 4) is 17.5 Å². The number of nitriles is 1. The van der Waals surface area contributed by atoms with Crippen LogP contribution in [0.25, 0.3) is 11.4 Å². The van der Waals surface area contributed by atoms with Gasteiger partial charge in [0.15, 0.2) is 0 Å². The molecular weight excluding hydrogens is 474 g/mol. The van der Waals surface area contributed by atoms with Crippen LogP contribution in [0.3, 0.4) is 0 Å². The molecule has 3 heterocycles. The van der Waals surface area contributed by atoms with Crippen LogP contribution in [0.5, 0.6) is 0 Å². The van der Waals surface area contributed by atoms with Gasteiger partial charge in [0.1, 0.15) is 4.21 Å². The van der Waals surface area contributed by atoms with Crippen molar-refractivity contribution < 1.29 is 17.7 Å². The van der Waals surface area contributed by atoms with E-state index < -0.39 is 15.9 Å². The zero-order valence-corrected chi connectivity index (χ0v) is 19.9. The molecule has 3 aromatic rings. The van der Waals surface area contributed by atoms with Crippen molar-refractivity contribution >= 4 is 33.0 Å². The number of thiophene rings is 1. The van der Waals surface area contributed by atoms with Crippen LogP contribution >= 0.6 is 11.3 Å². The summed E-state index contributed by atoms with van der Waals surface area (Å²) in [4.78, 5) is 17.2. The Labute approximate surface area is 201 Å². The molecule has 1 saturated carbocycles. The predicted octanol–water partition coefficient (Wildman–Crippen LogP) is 3.98. The number of sulfonamides is 1. The van der Waals surface area contributed by atoms with E-state index in [0.29, 0.717) is 53.8 Å². The summed E-state index contributed by atoms with van der Waals surface area (Å²) >= 11 is 1.12.